The van der Waals surface area contributed by atoms with E-state index in [-0.39, 0.29) is 29.9 Å². The molecule has 0 radical (unpaired) electrons. The third kappa shape index (κ3) is 2.81. The molecule has 2 rings (SSSR count). The summed E-state index contributed by atoms with van der Waals surface area (Å²) >= 11 is 0. The van der Waals surface area contributed by atoms with Crippen molar-refractivity contribution in [3.63, 3.8) is 0 Å². The highest BCUT2D eigenvalue weighted by atomic mass is 16.2. The van der Waals surface area contributed by atoms with Crippen molar-refractivity contribution in [2.45, 2.75) is 26.7 Å². The van der Waals surface area contributed by atoms with Crippen molar-refractivity contribution in [1.82, 2.24) is 0 Å². The molecule has 5 nitrogen and oxygen atoms in total. The number of carbonyl (C=O) groups is 3. The molecule has 5 heteroatoms. The average molecular weight is 260 g/mol. The Morgan fingerprint density at radius 3 is 2.47 bits per heavy atom. The lowest BCUT2D eigenvalue weighted by Gasteiger charge is -2.11. The van der Waals surface area contributed by atoms with Crippen LogP contribution < -0.4 is 10.6 Å². The van der Waals surface area contributed by atoms with Crippen LogP contribution in [0, 0.1) is 5.92 Å². The number of amides is 2. The summed E-state index contributed by atoms with van der Waals surface area (Å²) in [5, 5.41) is 5.26. The Hall–Kier alpha value is -2.17. The quantitative estimate of drug-likeness (QED) is 0.646. The fourth-order valence-corrected chi connectivity index (χ4v) is 1.91. The zero-order chi connectivity index (χ0) is 14.0. The lowest BCUT2D eigenvalue weighted by Crippen LogP contribution is -2.16. The molecule has 0 bridgehead atoms. The van der Waals surface area contributed by atoms with Crippen molar-refractivity contribution in [1.29, 1.82) is 0 Å². The molecular weight excluding hydrogens is 244 g/mol. The van der Waals surface area contributed by atoms with Gasteiger partial charge >= 0.3 is 0 Å². The zero-order valence-electron chi connectivity index (χ0n) is 10.9. The summed E-state index contributed by atoms with van der Waals surface area (Å²) in [6, 6.07) is 4.94. The van der Waals surface area contributed by atoms with E-state index in [4.69, 9.17) is 0 Å². The van der Waals surface area contributed by atoms with Gasteiger partial charge in [0.1, 0.15) is 6.42 Å². The van der Waals surface area contributed by atoms with Crippen molar-refractivity contribution in [2.75, 3.05) is 10.6 Å². The standard InChI is InChI=1S/C14H16N2O3/c1-3-8(2)14(19)9-4-5-10-11(6-9)16-13(18)7-12(17)15-10/h4-6,8H,3,7H2,1-2H3,(H,15,17)(H,16,18). The molecule has 1 aromatic rings. The summed E-state index contributed by atoms with van der Waals surface area (Å²) in [5.74, 6) is -0.745. The van der Waals surface area contributed by atoms with Crippen molar-refractivity contribution < 1.29 is 14.4 Å². The van der Waals surface area contributed by atoms with Crippen molar-refractivity contribution in [3.05, 3.63) is 23.8 Å². The molecule has 1 heterocycles. The molecule has 1 aliphatic rings. The number of fused-ring (bicyclic) bond motifs is 1. The SMILES string of the molecule is CCC(C)C(=O)c1ccc2c(c1)NC(=O)CC(=O)N2. The van der Waals surface area contributed by atoms with Crippen LogP contribution in [0.25, 0.3) is 0 Å². The lowest BCUT2D eigenvalue weighted by atomic mass is 9.96. The van der Waals surface area contributed by atoms with Gasteiger partial charge in [-0.05, 0) is 24.6 Å². The molecule has 2 N–H and O–H groups in total. The third-order valence-electron chi connectivity index (χ3n) is 3.23. The minimum absolute atomic E-state index is 0.0372. The maximum absolute atomic E-state index is 12.1. The number of anilines is 2. The molecule has 0 saturated heterocycles. The van der Waals surface area contributed by atoms with Gasteiger partial charge in [-0.2, -0.15) is 0 Å². The summed E-state index contributed by atoms with van der Waals surface area (Å²) in [7, 11) is 0. The van der Waals surface area contributed by atoms with Crippen molar-refractivity contribution in [3.8, 4) is 0 Å². The molecule has 0 fully saturated rings. The van der Waals surface area contributed by atoms with Gasteiger partial charge in [-0.3, -0.25) is 14.4 Å². The van der Waals surface area contributed by atoms with Gasteiger partial charge in [-0.1, -0.05) is 13.8 Å². The fourth-order valence-electron chi connectivity index (χ4n) is 1.91. The molecule has 0 saturated carbocycles. The van der Waals surface area contributed by atoms with E-state index in [2.05, 4.69) is 10.6 Å². The number of carbonyl (C=O) groups excluding carboxylic acids is 3. The maximum atomic E-state index is 12.1. The van der Waals surface area contributed by atoms with E-state index in [0.717, 1.165) is 6.42 Å². The Balaban J connectivity index is 2.35. The number of hydrogen-bond acceptors (Lipinski definition) is 3. The van der Waals surface area contributed by atoms with Crippen LogP contribution in [0.15, 0.2) is 18.2 Å². The zero-order valence-corrected chi connectivity index (χ0v) is 10.9. The molecular formula is C14H16N2O3. The average Bonchev–Trinajstić information content (AvgIpc) is 2.52. The molecule has 1 atom stereocenters. The first-order valence-electron chi connectivity index (χ1n) is 6.29. The number of Topliss-reactive ketones (excluding diaryl/α,β-unsaturated/α-hetero) is 1. The Morgan fingerprint density at radius 1 is 1.21 bits per heavy atom. The minimum Gasteiger partial charge on any atom is -0.324 e. The molecule has 2 amide bonds. The Morgan fingerprint density at radius 2 is 1.84 bits per heavy atom. The predicted molar refractivity (Wildman–Crippen MR) is 72.1 cm³/mol. The third-order valence-corrected chi connectivity index (χ3v) is 3.23. The van der Waals surface area contributed by atoms with Gasteiger partial charge in [0.05, 0.1) is 11.4 Å². The van der Waals surface area contributed by atoms with Crippen LogP contribution in [0.2, 0.25) is 0 Å². The van der Waals surface area contributed by atoms with E-state index in [9.17, 15) is 14.4 Å². The summed E-state index contributed by atoms with van der Waals surface area (Å²) in [6.45, 7) is 3.82. The molecule has 0 aliphatic carbocycles. The van der Waals surface area contributed by atoms with E-state index in [1.807, 2.05) is 13.8 Å². The molecule has 100 valence electrons. The second-order valence-electron chi connectivity index (χ2n) is 4.71. The molecule has 19 heavy (non-hydrogen) atoms. The Labute approximate surface area is 111 Å². The Kier molecular flexibility index (Phi) is 3.64. The number of benzene rings is 1. The molecule has 1 aliphatic heterocycles. The van der Waals surface area contributed by atoms with Crippen LogP contribution in [0.4, 0.5) is 11.4 Å². The van der Waals surface area contributed by atoms with Gasteiger partial charge in [0.25, 0.3) is 0 Å². The summed E-state index contributed by atoms with van der Waals surface area (Å²) in [4.78, 5) is 35.0. The summed E-state index contributed by atoms with van der Waals surface area (Å²) < 4.78 is 0. The molecule has 1 unspecified atom stereocenters. The second-order valence-corrected chi connectivity index (χ2v) is 4.71. The number of nitrogens with one attached hydrogen (secondary N) is 2. The second kappa shape index (κ2) is 5.22. The highest BCUT2D eigenvalue weighted by Gasteiger charge is 2.20. The topological polar surface area (TPSA) is 75.3 Å². The highest BCUT2D eigenvalue weighted by molar-refractivity contribution is 6.14. The van der Waals surface area contributed by atoms with Gasteiger partial charge in [0.15, 0.2) is 5.78 Å². The number of hydrogen-bond donors (Lipinski definition) is 2. The van der Waals surface area contributed by atoms with Crippen LogP contribution in [0.5, 0.6) is 0 Å². The molecule has 0 spiro atoms. The fraction of sp³-hybridized carbons (Fsp3) is 0.357. The first-order valence-corrected chi connectivity index (χ1v) is 6.29. The van der Waals surface area contributed by atoms with Crippen LogP contribution >= 0.6 is 0 Å². The van der Waals surface area contributed by atoms with Crippen molar-refractivity contribution in [2.24, 2.45) is 5.92 Å². The van der Waals surface area contributed by atoms with E-state index in [1.165, 1.54) is 0 Å². The van der Waals surface area contributed by atoms with Gasteiger partial charge in [-0.25, -0.2) is 0 Å². The van der Waals surface area contributed by atoms with Crippen LogP contribution in [0.1, 0.15) is 37.0 Å². The lowest BCUT2D eigenvalue weighted by molar-refractivity contribution is -0.123. The van der Waals surface area contributed by atoms with Gasteiger partial charge in [0.2, 0.25) is 11.8 Å². The smallest absolute Gasteiger partial charge is 0.233 e. The van der Waals surface area contributed by atoms with Gasteiger partial charge < -0.3 is 10.6 Å². The highest BCUT2D eigenvalue weighted by Crippen LogP contribution is 2.27. The maximum Gasteiger partial charge on any atom is 0.233 e. The minimum atomic E-state index is -0.371. The summed E-state index contributed by atoms with van der Waals surface area (Å²) in [5.41, 5.74) is 1.55. The predicted octanol–water partition coefficient (Wildman–Crippen LogP) is 2.20. The number of ketones is 1. The van der Waals surface area contributed by atoms with Gasteiger partial charge in [-0.15, -0.1) is 0 Å². The first-order chi connectivity index (χ1) is 9.01. The van der Waals surface area contributed by atoms with E-state index in [0.29, 0.717) is 16.9 Å². The monoisotopic (exact) mass is 260 g/mol. The van der Waals surface area contributed by atoms with Crippen LogP contribution in [-0.4, -0.2) is 17.6 Å². The first kappa shape index (κ1) is 13.3. The Bertz CT molecular complexity index is 552. The van der Waals surface area contributed by atoms with E-state index < -0.39 is 0 Å². The van der Waals surface area contributed by atoms with Crippen LogP contribution in [0.3, 0.4) is 0 Å². The van der Waals surface area contributed by atoms with Crippen LogP contribution in [-0.2, 0) is 9.59 Å². The molecule has 0 aromatic heterocycles. The normalized spacial score (nSPS) is 15.9. The van der Waals surface area contributed by atoms with Gasteiger partial charge in [0, 0.05) is 11.5 Å². The summed E-state index contributed by atoms with van der Waals surface area (Å²) in [6.07, 6.45) is 0.558. The molecule has 1 aromatic carbocycles. The van der Waals surface area contributed by atoms with E-state index in [1.54, 1.807) is 18.2 Å². The van der Waals surface area contributed by atoms with E-state index >= 15 is 0 Å². The number of rotatable bonds is 3. The largest absolute Gasteiger partial charge is 0.324 e. The van der Waals surface area contributed by atoms with Crippen molar-refractivity contribution >= 4 is 29.0 Å².